The van der Waals surface area contributed by atoms with Gasteiger partial charge in [0.15, 0.2) is 11.8 Å². The standard InChI is InChI=1S/C28H42N4O2S/c33-27-24-18-9-10-19(15-18)25(24)28(34)32(27)17-21-6-2-1-5-20(21)16-30-11-13-31(14-12-30)26-22-7-3-4-8-23(22)35-29-26/h18-23,33-34H,1-17H2/t18-,19+,20-,21-,22?,23?/m0/s1. The number of rotatable bonds is 4. The molecule has 6 atom stereocenters. The van der Waals surface area contributed by atoms with Gasteiger partial charge in [-0.3, -0.25) is 9.47 Å². The Morgan fingerprint density at radius 2 is 1.37 bits per heavy atom. The van der Waals surface area contributed by atoms with Crippen molar-refractivity contribution in [3.63, 3.8) is 0 Å². The lowest BCUT2D eigenvalue weighted by molar-refractivity contribution is 0.106. The molecule has 3 heterocycles. The smallest absolute Gasteiger partial charge is 0.197 e. The Morgan fingerprint density at radius 1 is 0.743 bits per heavy atom. The minimum Gasteiger partial charge on any atom is -0.494 e. The summed E-state index contributed by atoms with van der Waals surface area (Å²) in [6.45, 7) is 6.47. The van der Waals surface area contributed by atoms with Crippen molar-refractivity contribution in [2.24, 2.45) is 22.2 Å². The normalized spacial score (nSPS) is 36.9. The fourth-order valence-corrected chi connectivity index (χ4v) is 9.78. The third-order valence-electron chi connectivity index (χ3n) is 10.5. The number of nitrogens with zero attached hydrogens (tertiary/aromatic N) is 4. The van der Waals surface area contributed by atoms with Gasteiger partial charge < -0.3 is 15.1 Å². The molecule has 3 saturated carbocycles. The second-order valence-electron chi connectivity index (χ2n) is 12.4. The molecule has 4 aliphatic carbocycles. The van der Waals surface area contributed by atoms with Gasteiger partial charge in [0.2, 0.25) is 0 Å². The zero-order valence-corrected chi connectivity index (χ0v) is 21.9. The topological polar surface area (TPSA) is 64.2 Å². The molecule has 7 heteroatoms. The van der Waals surface area contributed by atoms with Crippen molar-refractivity contribution in [1.29, 1.82) is 0 Å². The van der Waals surface area contributed by atoms with E-state index in [1.54, 1.807) is 0 Å². The molecule has 35 heavy (non-hydrogen) atoms. The Bertz CT molecular complexity index is 951. The molecule has 1 aromatic heterocycles. The van der Waals surface area contributed by atoms with Crippen LogP contribution >= 0.6 is 11.9 Å². The van der Waals surface area contributed by atoms with Gasteiger partial charge in [0.25, 0.3) is 0 Å². The molecule has 0 radical (unpaired) electrons. The van der Waals surface area contributed by atoms with Crippen LogP contribution < -0.4 is 0 Å². The van der Waals surface area contributed by atoms with E-state index >= 15 is 0 Å². The molecular weight excluding hydrogens is 456 g/mol. The molecule has 192 valence electrons. The number of hydrogen-bond donors (Lipinski definition) is 2. The fraction of sp³-hybridized carbons (Fsp3) is 0.821. The Kier molecular flexibility index (Phi) is 6.00. The van der Waals surface area contributed by atoms with E-state index in [2.05, 4.69) is 9.80 Å². The lowest BCUT2D eigenvalue weighted by Gasteiger charge is -2.41. The second-order valence-corrected chi connectivity index (χ2v) is 13.4. The van der Waals surface area contributed by atoms with E-state index in [1.165, 1.54) is 76.6 Å². The Hall–Kier alpha value is -1.34. The molecule has 0 spiro atoms. The number of hydrogen-bond acceptors (Lipinski definition) is 6. The van der Waals surface area contributed by atoms with Crippen molar-refractivity contribution in [1.82, 2.24) is 14.4 Å². The van der Waals surface area contributed by atoms with Crippen molar-refractivity contribution in [2.45, 2.75) is 94.3 Å². The van der Waals surface area contributed by atoms with Crippen molar-refractivity contribution < 1.29 is 10.2 Å². The van der Waals surface area contributed by atoms with Gasteiger partial charge in [0.05, 0.1) is 0 Å². The van der Waals surface area contributed by atoms with E-state index in [0.29, 0.717) is 41.3 Å². The molecule has 0 amide bonds. The van der Waals surface area contributed by atoms with Crippen LogP contribution in [0, 0.1) is 17.8 Å². The monoisotopic (exact) mass is 498 g/mol. The molecule has 2 unspecified atom stereocenters. The highest BCUT2D eigenvalue weighted by atomic mass is 32.2. The van der Waals surface area contributed by atoms with Crippen LogP contribution in [0.4, 0.5) is 0 Å². The number of piperazine rings is 1. The Morgan fingerprint density at radius 3 is 2.09 bits per heavy atom. The maximum atomic E-state index is 11.1. The maximum Gasteiger partial charge on any atom is 0.197 e. The van der Waals surface area contributed by atoms with E-state index in [9.17, 15) is 10.2 Å². The molecular formula is C28H42N4O2S. The van der Waals surface area contributed by atoms with Crippen molar-refractivity contribution >= 4 is 17.8 Å². The molecule has 0 aromatic carbocycles. The average Bonchev–Trinajstić information content (AvgIpc) is 3.66. The second kappa shape index (κ2) is 9.20. The first kappa shape index (κ1) is 22.8. The van der Waals surface area contributed by atoms with Gasteiger partial charge in [-0.25, -0.2) is 4.40 Å². The maximum absolute atomic E-state index is 11.1. The van der Waals surface area contributed by atoms with Gasteiger partial charge in [-0.1, -0.05) is 25.7 Å². The third-order valence-corrected chi connectivity index (χ3v) is 11.6. The summed E-state index contributed by atoms with van der Waals surface area (Å²) in [5.41, 5.74) is 2.19. The van der Waals surface area contributed by atoms with Crippen LogP contribution in [0.2, 0.25) is 0 Å². The van der Waals surface area contributed by atoms with E-state index < -0.39 is 0 Å². The summed E-state index contributed by atoms with van der Waals surface area (Å²) in [7, 11) is 0. The minimum atomic E-state index is 0.388. The quantitative estimate of drug-likeness (QED) is 0.551. The average molecular weight is 499 g/mol. The summed E-state index contributed by atoms with van der Waals surface area (Å²) in [5, 5.41) is 22.9. The summed E-state index contributed by atoms with van der Waals surface area (Å²) >= 11 is 1.86. The first-order chi connectivity index (χ1) is 17.2. The highest BCUT2D eigenvalue weighted by Gasteiger charge is 2.44. The zero-order chi connectivity index (χ0) is 23.5. The number of aromatic hydroxyl groups is 2. The van der Waals surface area contributed by atoms with Gasteiger partial charge in [-0.05, 0) is 80.6 Å². The minimum absolute atomic E-state index is 0.388. The van der Waals surface area contributed by atoms with E-state index in [4.69, 9.17) is 4.40 Å². The summed E-state index contributed by atoms with van der Waals surface area (Å²) in [6.07, 6.45) is 14.0. The van der Waals surface area contributed by atoms with Crippen molar-refractivity contribution in [2.75, 3.05) is 32.7 Å². The lowest BCUT2D eigenvalue weighted by atomic mass is 9.78. The first-order valence-electron chi connectivity index (χ1n) is 14.5. The Labute approximate surface area is 214 Å². The molecule has 4 fully saturated rings. The molecule has 7 rings (SSSR count). The van der Waals surface area contributed by atoms with Crippen LogP contribution in [0.15, 0.2) is 4.40 Å². The number of aromatic nitrogens is 1. The lowest BCUT2D eigenvalue weighted by Crippen LogP contribution is -2.52. The van der Waals surface area contributed by atoms with Gasteiger partial charge in [-0.2, -0.15) is 0 Å². The SMILES string of the molecule is Oc1c2c(c(O)n1C[C@@H]1CCCC[C@H]1CN1CCN(C3=NSC4CCCCC34)CC1)[C@H]1CC[C@@H]2C1. The van der Waals surface area contributed by atoms with Crippen LogP contribution in [0.3, 0.4) is 0 Å². The number of fused-ring (bicyclic) bond motifs is 6. The summed E-state index contributed by atoms with van der Waals surface area (Å²) in [5.74, 6) is 5.06. The largest absolute Gasteiger partial charge is 0.494 e. The van der Waals surface area contributed by atoms with Crippen LogP contribution in [0.1, 0.15) is 93.6 Å². The van der Waals surface area contributed by atoms with Crippen LogP contribution in [-0.2, 0) is 6.54 Å². The van der Waals surface area contributed by atoms with Gasteiger partial charge in [-0.15, -0.1) is 0 Å². The number of amidine groups is 1. The van der Waals surface area contributed by atoms with E-state index in [0.717, 1.165) is 55.5 Å². The molecule has 2 aliphatic heterocycles. The van der Waals surface area contributed by atoms with Crippen LogP contribution in [0.25, 0.3) is 0 Å². The van der Waals surface area contributed by atoms with Gasteiger partial charge in [0.1, 0.15) is 5.84 Å². The predicted molar refractivity (Wildman–Crippen MR) is 141 cm³/mol. The van der Waals surface area contributed by atoms with E-state index in [-0.39, 0.29) is 0 Å². The van der Waals surface area contributed by atoms with Gasteiger partial charge >= 0.3 is 0 Å². The van der Waals surface area contributed by atoms with Crippen LogP contribution in [-0.4, -0.2) is 68.4 Å². The zero-order valence-electron chi connectivity index (χ0n) is 21.1. The fourth-order valence-electron chi connectivity index (χ4n) is 8.61. The van der Waals surface area contributed by atoms with E-state index in [1.807, 2.05) is 16.5 Å². The first-order valence-corrected chi connectivity index (χ1v) is 15.4. The molecule has 6 nitrogen and oxygen atoms in total. The molecule has 1 aromatic rings. The summed E-state index contributed by atoms with van der Waals surface area (Å²) in [6, 6.07) is 0. The van der Waals surface area contributed by atoms with Crippen LogP contribution in [0.5, 0.6) is 11.8 Å². The summed E-state index contributed by atoms with van der Waals surface area (Å²) in [4.78, 5) is 5.29. The molecule has 2 N–H and O–H groups in total. The highest BCUT2D eigenvalue weighted by Crippen LogP contribution is 2.60. The van der Waals surface area contributed by atoms with Crippen molar-refractivity contribution in [3.8, 4) is 11.8 Å². The molecule has 6 aliphatic rings. The molecule has 2 bridgehead atoms. The van der Waals surface area contributed by atoms with Crippen molar-refractivity contribution in [3.05, 3.63) is 11.1 Å². The summed E-state index contributed by atoms with van der Waals surface area (Å²) < 4.78 is 6.84. The Balaban J connectivity index is 0.988. The predicted octanol–water partition coefficient (Wildman–Crippen LogP) is 5.31. The third kappa shape index (κ3) is 3.91. The highest BCUT2D eigenvalue weighted by molar-refractivity contribution is 7.99. The molecule has 1 saturated heterocycles. The van der Waals surface area contributed by atoms with Gasteiger partial charge in [0, 0.05) is 61.6 Å².